The van der Waals surface area contributed by atoms with Crippen LogP contribution in [0.5, 0.6) is 11.5 Å². The van der Waals surface area contributed by atoms with Crippen LogP contribution >= 0.6 is 0 Å². The third kappa shape index (κ3) is 5.37. The van der Waals surface area contributed by atoms with Gasteiger partial charge in [-0.2, -0.15) is 0 Å². The quantitative estimate of drug-likeness (QED) is 0.659. The molecule has 1 amide bonds. The fourth-order valence-corrected chi connectivity index (χ4v) is 3.65. The molecule has 5 heteroatoms. The molecule has 0 N–H and O–H groups in total. The van der Waals surface area contributed by atoms with Crippen LogP contribution in [0.2, 0.25) is 0 Å². The number of amides is 1. The minimum Gasteiger partial charge on any atom is -0.497 e. The van der Waals surface area contributed by atoms with E-state index in [0.29, 0.717) is 44.5 Å². The molecule has 0 bridgehead atoms. The van der Waals surface area contributed by atoms with Gasteiger partial charge in [0.1, 0.15) is 11.5 Å². The first kappa shape index (κ1) is 20.9. The molecule has 0 aliphatic carbocycles. The smallest absolute Gasteiger partial charge is 0.225 e. The lowest BCUT2D eigenvalue weighted by Gasteiger charge is -2.31. The summed E-state index contributed by atoms with van der Waals surface area (Å²) < 4.78 is 10.9. The first-order valence-electron chi connectivity index (χ1n) is 10.1. The number of ketones is 1. The number of rotatable bonds is 7. The van der Waals surface area contributed by atoms with Crippen LogP contribution < -0.4 is 9.47 Å². The van der Waals surface area contributed by atoms with Crippen molar-refractivity contribution in [2.24, 2.45) is 5.92 Å². The Hall–Kier alpha value is -2.82. The van der Waals surface area contributed by atoms with E-state index in [1.54, 1.807) is 7.11 Å². The van der Waals surface area contributed by atoms with E-state index in [0.717, 1.165) is 22.6 Å². The summed E-state index contributed by atoms with van der Waals surface area (Å²) >= 11 is 0. The molecule has 0 radical (unpaired) electrons. The molecule has 2 aromatic carbocycles. The number of hydrogen-bond acceptors (Lipinski definition) is 4. The summed E-state index contributed by atoms with van der Waals surface area (Å²) in [4.78, 5) is 27.1. The number of likely N-dealkylation sites (tertiary alicyclic amines) is 1. The Labute approximate surface area is 172 Å². The molecule has 154 valence electrons. The highest BCUT2D eigenvalue weighted by atomic mass is 16.5. The van der Waals surface area contributed by atoms with Crippen LogP contribution in [0.3, 0.4) is 0 Å². The molecule has 2 aromatic rings. The molecule has 1 aliphatic rings. The molecule has 1 heterocycles. The lowest BCUT2D eigenvalue weighted by atomic mass is 9.89. The van der Waals surface area contributed by atoms with E-state index >= 15 is 0 Å². The van der Waals surface area contributed by atoms with Gasteiger partial charge >= 0.3 is 0 Å². The fraction of sp³-hybridized carbons (Fsp3) is 0.417. The average Bonchev–Trinajstić information content (AvgIpc) is 2.75. The molecule has 0 aromatic heterocycles. The summed E-state index contributed by atoms with van der Waals surface area (Å²) in [5.74, 6) is 1.79. The highest BCUT2D eigenvalue weighted by Gasteiger charge is 2.27. The van der Waals surface area contributed by atoms with E-state index in [1.165, 1.54) is 0 Å². The summed E-state index contributed by atoms with van der Waals surface area (Å²) in [7, 11) is 1.61. The van der Waals surface area contributed by atoms with Gasteiger partial charge < -0.3 is 14.4 Å². The van der Waals surface area contributed by atoms with Gasteiger partial charge in [-0.15, -0.1) is 0 Å². The summed E-state index contributed by atoms with van der Waals surface area (Å²) in [5, 5.41) is 0. The Bertz CT molecular complexity index is 852. The van der Waals surface area contributed by atoms with Gasteiger partial charge in [0.25, 0.3) is 0 Å². The Kier molecular flexibility index (Phi) is 6.91. The molecule has 29 heavy (non-hydrogen) atoms. The molecule has 3 rings (SSSR count). The number of ether oxygens (including phenoxy) is 2. The first-order chi connectivity index (χ1) is 14.0. The van der Waals surface area contributed by atoms with Crippen molar-refractivity contribution < 1.29 is 19.1 Å². The Morgan fingerprint density at radius 2 is 1.72 bits per heavy atom. The van der Waals surface area contributed by atoms with E-state index < -0.39 is 0 Å². The molecular weight excluding hydrogens is 366 g/mol. The number of carbonyl (C=O) groups is 2. The third-order valence-electron chi connectivity index (χ3n) is 5.51. The second kappa shape index (κ2) is 9.59. The van der Waals surface area contributed by atoms with E-state index in [-0.39, 0.29) is 17.6 Å². The molecule has 5 nitrogen and oxygen atoms in total. The second-order valence-electron chi connectivity index (χ2n) is 7.62. The van der Waals surface area contributed by atoms with Crippen molar-refractivity contribution in [1.82, 2.24) is 4.90 Å². The molecule has 1 saturated heterocycles. The normalized spacial score (nSPS) is 14.5. The van der Waals surface area contributed by atoms with E-state index in [1.807, 2.05) is 61.2 Å². The topological polar surface area (TPSA) is 55.8 Å². The minimum atomic E-state index is -0.0290. The van der Waals surface area contributed by atoms with Crippen LogP contribution in [0.4, 0.5) is 0 Å². The van der Waals surface area contributed by atoms with E-state index in [4.69, 9.17) is 9.47 Å². The van der Waals surface area contributed by atoms with Crippen LogP contribution in [-0.2, 0) is 4.79 Å². The Morgan fingerprint density at radius 3 is 2.38 bits per heavy atom. The van der Waals surface area contributed by atoms with Gasteiger partial charge in [0.15, 0.2) is 5.78 Å². The summed E-state index contributed by atoms with van der Waals surface area (Å²) in [6, 6.07) is 13.3. The highest BCUT2D eigenvalue weighted by molar-refractivity contribution is 5.98. The zero-order valence-electron chi connectivity index (χ0n) is 17.4. The van der Waals surface area contributed by atoms with Gasteiger partial charge in [0, 0.05) is 24.6 Å². The molecule has 0 atom stereocenters. The average molecular weight is 395 g/mol. The molecule has 0 saturated carbocycles. The Balaban J connectivity index is 1.45. The highest BCUT2D eigenvalue weighted by Crippen LogP contribution is 2.24. The predicted molar refractivity (Wildman–Crippen MR) is 113 cm³/mol. The number of carbonyl (C=O) groups excluding carboxylic acids is 2. The maximum absolute atomic E-state index is 12.7. The van der Waals surface area contributed by atoms with Crippen molar-refractivity contribution in [3.05, 3.63) is 59.2 Å². The van der Waals surface area contributed by atoms with Crippen LogP contribution in [0.1, 0.15) is 40.7 Å². The number of hydrogen-bond donors (Lipinski definition) is 0. The third-order valence-corrected chi connectivity index (χ3v) is 5.51. The van der Waals surface area contributed by atoms with E-state index in [2.05, 4.69) is 0 Å². The van der Waals surface area contributed by atoms with Crippen molar-refractivity contribution in [2.45, 2.75) is 33.1 Å². The van der Waals surface area contributed by atoms with Gasteiger partial charge in [-0.3, -0.25) is 9.59 Å². The van der Waals surface area contributed by atoms with Gasteiger partial charge in [-0.05, 0) is 68.1 Å². The standard InChI is InChI=1S/C24H29NO4/c1-17-4-5-18(2)22(16-17)29-15-12-23(26)25-13-10-20(11-14-25)24(27)19-6-8-21(28-3)9-7-19/h4-9,16,20H,10-15H2,1-3H3. The number of methoxy groups -OCH3 is 1. The van der Waals surface area contributed by atoms with Crippen LogP contribution in [0.15, 0.2) is 42.5 Å². The van der Waals surface area contributed by atoms with Crippen molar-refractivity contribution in [2.75, 3.05) is 26.8 Å². The lowest BCUT2D eigenvalue weighted by Crippen LogP contribution is -2.40. The summed E-state index contributed by atoms with van der Waals surface area (Å²) in [5.41, 5.74) is 2.92. The molecule has 0 unspecified atom stereocenters. The first-order valence-corrected chi connectivity index (χ1v) is 10.1. The van der Waals surface area contributed by atoms with Gasteiger partial charge in [0.05, 0.1) is 20.1 Å². The van der Waals surface area contributed by atoms with Gasteiger partial charge in [-0.25, -0.2) is 0 Å². The zero-order chi connectivity index (χ0) is 20.8. The maximum atomic E-state index is 12.7. The summed E-state index contributed by atoms with van der Waals surface area (Å²) in [6.07, 6.45) is 1.76. The minimum absolute atomic E-state index is 0.0290. The fourth-order valence-electron chi connectivity index (χ4n) is 3.65. The van der Waals surface area contributed by atoms with Gasteiger partial charge in [0.2, 0.25) is 5.91 Å². The second-order valence-corrected chi connectivity index (χ2v) is 7.62. The van der Waals surface area contributed by atoms with Crippen molar-refractivity contribution >= 4 is 11.7 Å². The number of piperidine rings is 1. The monoisotopic (exact) mass is 395 g/mol. The van der Waals surface area contributed by atoms with Gasteiger partial charge in [-0.1, -0.05) is 12.1 Å². The van der Waals surface area contributed by atoms with Crippen molar-refractivity contribution in [3.8, 4) is 11.5 Å². The molecule has 0 spiro atoms. The maximum Gasteiger partial charge on any atom is 0.225 e. The van der Waals surface area contributed by atoms with Crippen LogP contribution in [0.25, 0.3) is 0 Å². The van der Waals surface area contributed by atoms with E-state index in [9.17, 15) is 9.59 Å². The number of aryl methyl sites for hydroxylation is 2. The molecule has 1 aliphatic heterocycles. The predicted octanol–water partition coefficient (Wildman–Crippen LogP) is 4.20. The van der Waals surface area contributed by atoms with Crippen LogP contribution in [0, 0.1) is 19.8 Å². The largest absolute Gasteiger partial charge is 0.497 e. The Morgan fingerprint density at radius 1 is 1.03 bits per heavy atom. The number of Topliss-reactive ketones (excluding diaryl/α,β-unsaturated/α-hetero) is 1. The SMILES string of the molecule is COc1ccc(C(=O)C2CCN(C(=O)CCOc3cc(C)ccc3C)CC2)cc1. The zero-order valence-corrected chi connectivity index (χ0v) is 17.4. The number of benzene rings is 2. The molecular formula is C24H29NO4. The lowest BCUT2D eigenvalue weighted by molar-refractivity contribution is -0.132. The summed E-state index contributed by atoms with van der Waals surface area (Å²) in [6.45, 7) is 5.63. The molecule has 1 fully saturated rings. The van der Waals surface area contributed by atoms with Crippen LogP contribution in [-0.4, -0.2) is 43.4 Å². The van der Waals surface area contributed by atoms with Crippen molar-refractivity contribution in [3.63, 3.8) is 0 Å². The number of nitrogens with zero attached hydrogens (tertiary/aromatic N) is 1. The van der Waals surface area contributed by atoms with Crippen molar-refractivity contribution in [1.29, 1.82) is 0 Å².